The zero-order valence-electron chi connectivity index (χ0n) is 19.4. The second-order valence-corrected chi connectivity index (χ2v) is 8.28. The molecule has 1 saturated heterocycles. The number of hydrogen-bond donors (Lipinski definition) is 3. The van der Waals surface area contributed by atoms with Gasteiger partial charge in [-0.2, -0.15) is 0 Å². The first-order valence-electron chi connectivity index (χ1n) is 11.3. The van der Waals surface area contributed by atoms with Gasteiger partial charge in [0, 0.05) is 51.4 Å². The molecule has 1 atom stereocenters. The van der Waals surface area contributed by atoms with Crippen LogP contribution in [-0.4, -0.2) is 52.9 Å². The summed E-state index contributed by atoms with van der Waals surface area (Å²) in [4.78, 5) is 36.4. The molecule has 1 fully saturated rings. The third-order valence-corrected chi connectivity index (χ3v) is 5.91. The topological polar surface area (TPSA) is 116 Å². The van der Waals surface area contributed by atoms with Gasteiger partial charge >= 0.3 is 0 Å². The van der Waals surface area contributed by atoms with E-state index >= 15 is 0 Å². The van der Waals surface area contributed by atoms with Gasteiger partial charge in [0.25, 0.3) is 5.91 Å². The van der Waals surface area contributed by atoms with E-state index in [0.717, 1.165) is 30.2 Å². The Balaban J connectivity index is 1.46. The van der Waals surface area contributed by atoms with Gasteiger partial charge in [0.05, 0.1) is 23.1 Å². The monoisotopic (exact) mass is 459 g/mol. The highest BCUT2D eigenvalue weighted by molar-refractivity contribution is 5.98. The molecule has 9 nitrogen and oxygen atoms in total. The maximum Gasteiger partial charge on any atom is 0.252 e. The molecule has 1 aliphatic rings. The van der Waals surface area contributed by atoms with Gasteiger partial charge in [-0.3, -0.25) is 9.59 Å². The van der Waals surface area contributed by atoms with Crippen LogP contribution in [0.2, 0.25) is 0 Å². The third-order valence-electron chi connectivity index (χ3n) is 5.91. The average Bonchev–Trinajstić information content (AvgIpc) is 2.85. The average molecular weight is 460 g/mol. The van der Waals surface area contributed by atoms with Crippen LogP contribution in [0, 0.1) is 0 Å². The lowest BCUT2D eigenvalue weighted by Crippen LogP contribution is -2.48. The number of hydrogen-bond acceptors (Lipinski definition) is 7. The predicted octanol–water partition coefficient (Wildman–Crippen LogP) is 3.16. The van der Waals surface area contributed by atoms with Crippen molar-refractivity contribution < 1.29 is 9.59 Å². The van der Waals surface area contributed by atoms with Crippen molar-refractivity contribution in [2.24, 2.45) is 5.73 Å². The Morgan fingerprint density at radius 1 is 1.00 bits per heavy atom. The van der Waals surface area contributed by atoms with E-state index in [1.54, 1.807) is 19.2 Å². The van der Waals surface area contributed by atoms with E-state index in [9.17, 15) is 9.59 Å². The van der Waals surface area contributed by atoms with Crippen molar-refractivity contribution in [3.8, 4) is 0 Å². The number of benzene rings is 1. The Bertz CT molecular complexity index is 1140. The van der Waals surface area contributed by atoms with Crippen molar-refractivity contribution in [2.45, 2.75) is 19.9 Å². The third kappa shape index (κ3) is 5.43. The van der Waals surface area contributed by atoms with Gasteiger partial charge < -0.3 is 26.2 Å². The first-order valence-corrected chi connectivity index (χ1v) is 11.3. The fourth-order valence-corrected chi connectivity index (χ4v) is 3.94. The maximum atomic E-state index is 11.9. The first-order chi connectivity index (χ1) is 16.4. The molecular weight excluding hydrogens is 430 g/mol. The molecule has 2 amide bonds. The van der Waals surface area contributed by atoms with Crippen LogP contribution in [0.25, 0.3) is 0 Å². The van der Waals surface area contributed by atoms with Crippen molar-refractivity contribution in [3.05, 3.63) is 72.1 Å². The van der Waals surface area contributed by atoms with Crippen LogP contribution < -0.4 is 21.3 Å². The molecule has 34 heavy (non-hydrogen) atoms. The molecule has 176 valence electrons. The molecule has 3 aromatic rings. The lowest BCUT2D eigenvalue weighted by Gasteiger charge is -2.34. The molecule has 0 saturated carbocycles. The van der Waals surface area contributed by atoms with Crippen LogP contribution in [0.3, 0.4) is 0 Å². The lowest BCUT2D eigenvalue weighted by atomic mass is 10.1. The molecular formula is C25H29N7O2. The number of primary amides is 1. The molecule has 0 bridgehead atoms. The summed E-state index contributed by atoms with van der Waals surface area (Å²) < 4.78 is 0. The first kappa shape index (κ1) is 23.0. The van der Waals surface area contributed by atoms with Crippen molar-refractivity contribution in [1.82, 2.24) is 14.9 Å². The summed E-state index contributed by atoms with van der Waals surface area (Å²) in [5, 5.41) is 6.61. The highest BCUT2D eigenvalue weighted by Crippen LogP contribution is 2.26. The Labute approximate surface area is 199 Å². The summed E-state index contributed by atoms with van der Waals surface area (Å²) in [5.41, 5.74) is 8.36. The summed E-state index contributed by atoms with van der Waals surface area (Å²) in [7, 11) is 0. The Morgan fingerprint density at radius 2 is 1.74 bits per heavy atom. The minimum atomic E-state index is -0.544. The zero-order chi connectivity index (χ0) is 24.1. The second-order valence-electron chi connectivity index (χ2n) is 8.28. The van der Waals surface area contributed by atoms with E-state index in [2.05, 4.69) is 25.5 Å². The Kier molecular flexibility index (Phi) is 6.91. The molecule has 2 aromatic heterocycles. The summed E-state index contributed by atoms with van der Waals surface area (Å²) >= 11 is 0. The normalized spacial score (nSPS) is 14.4. The fraction of sp³-hybridized carbons (Fsp3) is 0.280. The predicted molar refractivity (Wildman–Crippen MR) is 133 cm³/mol. The maximum absolute atomic E-state index is 11.9. The fourth-order valence-electron chi connectivity index (χ4n) is 3.94. The molecule has 3 heterocycles. The van der Waals surface area contributed by atoms with Crippen molar-refractivity contribution in [3.63, 3.8) is 0 Å². The minimum absolute atomic E-state index is 0.0287. The SMILES string of the molecule is CC(=O)N1CCN(c2ccc(Nc3cc(N[C@H](C)c4ccccc4)c(C(N)=O)cn3)cn2)CC1. The molecule has 0 aliphatic carbocycles. The lowest BCUT2D eigenvalue weighted by molar-refractivity contribution is -0.129. The number of pyridine rings is 2. The number of nitrogens with one attached hydrogen (secondary N) is 2. The number of carbonyl (C=O) groups excluding carboxylic acids is 2. The van der Waals surface area contributed by atoms with Gasteiger partial charge in [-0.25, -0.2) is 9.97 Å². The second kappa shape index (κ2) is 10.2. The highest BCUT2D eigenvalue weighted by atomic mass is 16.2. The molecule has 4 rings (SSSR count). The van der Waals surface area contributed by atoms with Crippen LogP contribution >= 0.6 is 0 Å². The van der Waals surface area contributed by atoms with E-state index in [4.69, 9.17) is 5.73 Å². The highest BCUT2D eigenvalue weighted by Gasteiger charge is 2.19. The number of anilines is 4. The molecule has 0 unspecified atom stereocenters. The summed E-state index contributed by atoms with van der Waals surface area (Å²) in [6.45, 7) is 6.52. The molecule has 1 aliphatic heterocycles. The van der Waals surface area contributed by atoms with Gasteiger partial charge in [-0.05, 0) is 24.6 Å². The summed E-state index contributed by atoms with van der Waals surface area (Å²) in [6, 6.07) is 15.6. The van der Waals surface area contributed by atoms with Crippen LogP contribution in [0.5, 0.6) is 0 Å². The summed E-state index contributed by atoms with van der Waals surface area (Å²) in [5.74, 6) is 0.994. The molecule has 4 N–H and O–H groups in total. The van der Waals surface area contributed by atoms with Crippen LogP contribution in [0.15, 0.2) is 60.9 Å². The minimum Gasteiger partial charge on any atom is -0.378 e. The van der Waals surface area contributed by atoms with Crippen LogP contribution in [-0.2, 0) is 4.79 Å². The van der Waals surface area contributed by atoms with Gasteiger partial charge in [0.2, 0.25) is 5.91 Å². The van der Waals surface area contributed by atoms with Gasteiger partial charge in [0.15, 0.2) is 0 Å². The van der Waals surface area contributed by atoms with Crippen LogP contribution in [0.4, 0.5) is 23.0 Å². The smallest absolute Gasteiger partial charge is 0.252 e. The van der Waals surface area contributed by atoms with Gasteiger partial charge in [-0.1, -0.05) is 30.3 Å². The number of carbonyl (C=O) groups is 2. The number of aromatic nitrogens is 2. The number of rotatable bonds is 7. The van der Waals surface area contributed by atoms with Crippen LogP contribution in [0.1, 0.15) is 35.8 Å². The van der Waals surface area contributed by atoms with Crippen molar-refractivity contribution in [2.75, 3.05) is 41.7 Å². The standard InChI is InChI=1S/C25H29N7O2/c1-17(19-6-4-3-5-7-19)29-22-14-23(27-16-21(22)25(26)34)30-20-8-9-24(28-15-20)32-12-10-31(11-13-32)18(2)33/h3-9,14-17H,10-13H2,1-2H3,(H2,26,34)(H2,27,29,30)/t17-/m1/s1. The van der Waals surface area contributed by atoms with E-state index in [1.807, 2.05) is 54.3 Å². The largest absolute Gasteiger partial charge is 0.378 e. The quantitative estimate of drug-likeness (QED) is 0.497. The number of nitrogens with two attached hydrogens (primary N) is 1. The molecule has 9 heteroatoms. The Hall–Kier alpha value is -4.14. The van der Waals surface area contributed by atoms with E-state index in [-0.39, 0.29) is 11.9 Å². The molecule has 0 radical (unpaired) electrons. The van der Waals surface area contributed by atoms with E-state index in [1.165, 1.54) is 6.20 Å². The number of piperazine rings is 1. The molecule has 0 spiro atoms. The number of amides is 2. The molecule has 1 aromatic carbocycles. The van der Waals surface area contributed by atoms with E-state index in [0.29, 0.717) is 30.2 Å². The van der Waals surface area contributed by atoms with Gasteiger partial charge in [0.1, 0.15) is 11.6 Å². The summed E-state index contributed by atoms with van der Waals surface area (Å²) in [6.07, 6.45) is 3.22. The Morgan fingerprint density at radius 3 is 2.35 bits per heavy atom. The number of nitrogens with zero attached hydrogens (tertiary/aromatic N) is 4. The van der Waals surface area contributed by atoms with Gasteiger partial charge in [-0.15, -0.1) is 0 Å². The van der Waals surface area contributed by atoms with Crippen molar-refractivity contribution in [1.29, 1.82) is 0 Å². The zero-order valence-corrected chi connectivity index (χ0v) is 19.4. The van der Waals surface area contributed by atoms with Crippen molar-refractivity contribution >= 4 is 34.8 Å². The van der Waals surface area contributed by atoms with E-state index < -0.39 is 5.91 Å².